The van der Waals surface area contributed by atoms with Crippen LogP contribution in [0.4, 0.5) is 4.79 Å². The molecular formula is C19H27NO3. The van der Waals surface area contributed by atoms with Gasteiger partial charge in [-0.25, -0.2) is 4.79 Å². The highest BCUT2D eigenvalue weighted by Gasteiger charge is 2.31. The Morgan fingerprint density at radius 2 is 2.00 bits per heavy atom. The fourth-order valence-electron chi connectivity index (χ4n) is 2.72. The molecule has 4 nitrogen and oxygen atoms in total. The number of carbonyl (C=O) groups excluding carboxylic acids is 1. The first-order chi connectivity index (χ1) is 10.9. The molecule has 0 N–H and O–H groups in total. The molecule has 1 atom stereocenters. The van der Waals surface area contributed by atoms with E-state index in [1.165, 1.54) is 0 Å². The number of rotatable bonds is 4. The molecule has 0 saturated carbocycles. The summed E-state index contributed by atoms with van der Waals surface area (Å²) in [5, 5.41) is 0. The molecule has 1 aliphatic rings. The molecular weight excluding hydrogens is 290 g/mol. The first-order valence-corrected chi connectivity index (χ1v) is 8.19. The summed E-state index contributed by atoms with van der Waals surface area (Å²) in [6.07, 6.45) is 6.95. The molecule has 1 aliphatic heterocycles. The van der Waals surface area contributed by atoms with Crippen molar-refractivity contribution in [2.24, 2.45) is 0 Å². The van der Waals surface area contributed by atoms with Crippen LogP contribution in [0.3, 0.4) is 0 Å². The van der Waals surface area contributed by atoms with E-state index in [-0.39, 0.29) is 12.1 Å². The Bertz CT molecular complexity index is 543. The number of amides is 1. The molecule has 0 aliphatic carbocycles. The number of hydrogen-bond acceptors (Lipinski definition) is 3. The number of benzene rings is 1. The Hall–Kier alpha value is -1.97. The summed E-state index contributed by atoms with van der Waals surface area (Å²) >= 11 is 0. The molecule has 1 aromatic rings. The van der Waals surface area contributed by atoms with Gasteiger partial charge in [0.1, 0.15) is 11.4 Å². The number of likely N-dealkylation sites (tertiary alicyclic amines) is 1. The van der Waals surface area contributed by atoms with E-state index >= 15 is 0 Å². The highest BCUT2D eigenvalue weighted by molar-refractivity contribution is 5.69. The zero-order chi connectivity index (χ0) is 16.9. The fraction of sp³-hybridized carbons (Fsp3) is 0.526. The van der Waals surface area contributed by atoms with E-state index in [4.69, 9.17) is 9.47 Å². The van der Waals surface area contributed by atoms with E-state index in [1.807, 2.05) is 49.9 Å². The second kappa shape index (κ2) is 7.53. The number of carbonyl (C=O) groups is 1. The van der Waals surface area contributed by atoms with Crippen LogP contribution in [-0.2, 0) is 4.74 Å². The Morgan fingerprint density at radius 1 is 1.30 bits per heavy atom. The van der Waals surface area contributed by atoms with Crippen molar-refractivity contribution >= 4 is 12.2 Å². The predicted octanol–water partition coefficient (Wildman–Crippen LogP) is 4.50. The maximum absolute atomic E-state index is 12.2. The van der Waals surface area contributed by atoms with Crippen LogP contribution in [0.5, 0.6) is 5.75 Å². The number of ether oxygens (including phenoxy) is 2. The van der Waals surface area contributed by atoms with Crippen molar-refractivity contribution in [3.8, 4) is 5.75 Å². The largest absolute Gasteiger partial charge is 0.497 e. The molecule has 0 aromatic heterocycles. The van der Waals surface area contributed by atoms with E-state index in [9.17, 15) is 4.79 Å². The van der Waals surface area contributed by atoms with Crippen LogP contribution >= 0.6 is 0 Å². The average Bonchev–Trinajstić information content (AvgIpc) is 2.95. The van der Waals surface area contributed by atoms with Crippen LogP contribution < -0.4 is 4.74 Å². The van der Waals surface area contributed by atoms with Gasteiger partial charge in [0, 0.05) is 12.6 Å². The molecule has 23 heavy (non-hydrogen) atoms. The molecule has 2 rings (SSSR count). The fourth-order valence-corrected chi connectivity index (χ4v) is 2.72. The highest BCUT2D eigenvalue weighted by atomic mass is 16.6. The number of nitrogens with zero attached hydrogens (tertiary/aromatic N) is 1. The van der Waals surface area contributed by atoms with E-state index in [0.717, 1.165) is 37.1 Å². The molecule has 1 aromatic carbocycles. The number of methoxy groups -OCH3 is 1. The zero-order valence-corrected chi connectivity index (χ0v) is 14.5. The molecule has 126 valence electrons. The van der Waals surface area contributed by atoms with Crippen molar-refractivity contribution < 1.29 is 14.3 Å². The van der Waals surface area contributed by atoms with E-state index in [2.05, 4.69) is 12.2 Å². The van der Waals surface area contributed by atoms with Gasteiger partial charge in [-0.3, -0.25) is 0 Å². The van der Waals surface area contributed by atoms with Crippen LogP contribution in [0.1, 0.15) is 45.6 Å². The third-order valence-corrected chi connectivity index (χ3v) is 3.84. The van der Waals surface area contributed by atoms with Gasteiger partial charge < -0.3 is 14.4 Å². The molecule has 0 radical (unpaired) electrons. The van der Waals surface area contributed by atoms with Gasteiger partial charge in [-0.05, 0) is 57.7 Å². The Kier molecular flexibility index (Phi) is 5.69. The van der Waals surface area contributed by atoms with Gasteiger partial charge in [-0.2, -0.15) is 0 Å². The first-order valence-electron chi connectivity index (χ1n) is 8.19. The predicted molar refractivity (Wildman–Crippen MR) is 92.6 cm³/mol. The monoisotopic (exact) mass is 317 g/mol. The quantitative estimate of drug-likeness (QED) is 0.821. The van der Waals surface area contributed by atoms with Crippen molar-refractivity contribution in [3.63, 3.8) is 0 Å². The van der Waals surface area contributed by atoms with Crippen LogP contribution in [-0.4, -0.2) is 36.3 Å². The topological polar surface area (TPSA) is 38.8 Å². The maximum atomic E-state index is 12.2. The minimum absolute atomic E-state index is 0.196. The summed E-state index contributed by atoms with van der Waals surface area (Å²) in [4.78, 5) is 14.1. The van der Waals surface area contributed by atoms with Gasteiger partial charge in [0.25, 0.3) is 0 Å². The summed E-state index contributed by atoms with van der Waals surface area (Å²) in [7, 11) is 1.66. The average molecular weight is 317 g/mol. The van der Waals surface area contributed by atoms with Gasteiger partial charge in [0.05, 0.1) is 7.11 Å². The standard InChI is InChI=1S/C19H27NO3/c1-19(2,3)23-18(21)20-14-6-9-16(20)8-5-7-15-10-12-17(22-4)13-11-15/h5,7,10-13,16H,6,8-9,14H2,1-4H3/b7-5+. The molecule has 0 spiro atoms. The van der Waals surface area contributed by atoms with Crippen molar-refractivity contribution in [2.45, 2.75) is 51.7 Å². The molecule has 1 unspecified atom stereocenters. The van der Waals surface area contributed by atoms with E-state index in [0.29, 0.717) is 0 Å². The lowest BCUT2D eigenvalue weighted by Crippen LogP contribution is -2.39. The number of hydrogen-bond donors (Lipinski definition) is 0. The first kappa shape index (κ1) is 17.4. The Morgan fingerprint density at radius 3 is 2.61 bits per heavy atom. The normalized spacial score (nSPS) is 18.4. The molecule has 1 saturated heterocycles. The summed E-state index contributed by atoms with van der Waals surface area (Å²) in [5.74, 6) is 0.856. The lowest BCUT2D eigenvalue weighted by atomic mass is 10.1. The van der Waals surface area contributed by atoms with Crippen molar-refractivity contribution in [3.05, 3.63) is 35.9 Å². The summed E-state index contributed by atoms with van der Waals surface area (Å²) < 4.78 is 10.6. The maximum Gasteiger partial charge on any atom is 0.410 e. The molecule has 1 fully saturated rings. The van der Waals surface area contributed by atoms with Gasteiger partial charge in [0.15, 0.2) is 0 Å². The third kappa shape index (κ3) is 5.31. The second-order valence-electron chi connectivity index (χ2n) is 6.88. The summed E-state index contributed by atoms with van der Waals surface area (Å²) in [5.41, 5.74) is 0.691. The summed E-state index contributed by atoms with van der Waals surface area (Å²) in [6, 6.07) is 8.18. The summed E-state index contributed by atoms with van der Waals surface area (Å²) in [6.45, 7) is 6.49. The van der Waals surface area contributed by atoms with E-state index in [1.54, 1.807) is 7.11 Å². The highest BCUT2D eigenvalue weighted by Crippen LogP contribution is 2.23. The molecule has 4 heteroatoms. The molecule has 0 bridgehead atoms. The van der Waals surface area contributed by atoms with E-state index < -0.39 is 5.60 Å². The van der Waals surface area contributed by atoms with Crippen molar-refractivity contribution in [2.75, 3.05) is 13.7 Å². The van der Waals surface area contributed by atoms with Gasteiger partial charge in [0.2, 0.25) is 0 Å². The smallest absolute Gasteiger partial charge is 0.410 e. The minimum Gasteiger partial charge on any atom is -0.497 e. The van der Waals surface area contributed by atoms with Crippen LogP contribution in [0.2, 0.25) is 0 Å². The van der Waals surface area contributed by atoms with Crippen LogP contribution in [0.25, 0.3) is 6.08 Å². The van der Waals surface area contributed by atoms with Gasteiger partial charge in [-0.1, -0.05) is 24.3 Å². The lowest BCUT2D eigenvalue weighted by molar-refractivity contribution is 0.0228. The van der Waals surface area contributed by atoms with Crippen LogP contribution in [0, 0.1) is 0 Å². The Balaban J connectivity index is 1.90. The lowest BCUT2D eigenvalue weighted by Gasteiger charge is -2.28. The van der Waals surface area contributed by atoms with Crippen molar-refractivity contribution in [1.82, 2.24) is 4.90 Å². The SMILES string of the molecule is COc1ccc(/C=C/CC2CCCN2C(=O)OC(C)(C)C)cc1. The second-order valence-corrected chi connectivity index (χ2v) is 6.88. The molecule has 1 heterocycles. The van der Waals surface area contributed by atoms with Gasteiger partial charge >= 0.3 is 6.09 Å². The molecule has 1 amide bonds. The zero-order valence-electron chi connectivity index (χ0n) is 14.5. The third-order valence-electron chi connectivity index (χ3n) is 3.84. The Labute approximate surface area is 139 Å². The van der Waals surface area contributed by atoms with Crippen LogP contribution in [0.15, 0.2) is 30.3 Å². The minimum atomic E-state index is -0.441. The van der Waals surface area contributed by atoms with Gasteiger partial charge in [-0.15, -0.1) is 0 Å². The van der Waals surface area contributed by atoms with Crippen molar-refractivity contribution in [1.29, 1.82) is 0 Å².